The molecule has 0 saturated heterocycles. The molecule has 0 saturated carbocycles. The highest BCUT2D eigenvalue weighted by Crippen LogP contribution is 2.32. The minimum absolute atomic E-state index is 0.0599. The van der Waals surface area contributed by atoms with Crippen LogP contribution in [0.1, 0.15) is 57.2 Å². The Hall–Kier alpha value is -2.14. The van der Waals surface area contributed by atoms with Crippen molar-refractivity contribution < 1.29 is 14.1 Å². The molecule has 0 radical (unpaired) electrons. The van der Waals surface area contributed by atoms with Crippen molar-refractivity contribution in [1.29, 1.82) is 0 Å². The van der Waals surface area contributed by atoms with Crippen molar-refractivity contribution in [2.75, 3.05) is 5.32 Å². The molecule has 0 aromatic heterocycles. The third-order valence-corrected chi connectivity index (χ3v) is 6.12. The molecule has 0 aliphatic rings. The summed E-state index contributed by atoms with van der Waals surface area (Å²) in [6.07, 6.45) is 0. The Morgan fingerprint density at radius 1 is 1.07 bits per heavy atom. The highest BCUT2D eigenvalue weighted by atomic mass is 32.2. The number of amides is 1. The molecule has 1 amide bonds. The van der Waals surface area contributed by atoms with Gasteiger partial charge in [-0.3, -0.25) is 4.79 Å². The molecule has 146 valence electrons. The molecule has 2 N–H and O–H groups in total. The minimum atomic E-state index is -1.37. The zero-order valence-electron chi connectivity index (χ0n) is 17.1. The van der Waals surface area contributed by atoms with E-state index < -0.39 is 16.2 Å². The number of anilines is 1. The lowest BCUT2D eigenvalue weighted by Crippen LogP contribution is -2.27. The van der Waals surface area contributed by atoms with E-state index in [1.54, 1.807) is 12.1 Å². The third-order valence-electron chi connectivity index (χ3n) is 4.42. The highest BCUT2D eigenvalue weighted by molar-refractivity contribution is 7.85. The largest absolute Gasteiger partial charge is 0.508 e. The fraction of sp³-hybridized carbons (Fsp3) is 0.409. The molecular weight excluding hydrogens is 358 g/mol. The molecule has 27 heavy (non-hydrogen) atoms. The summed E-state index contributed by atoms with van der Waals surface area (Å²) in [5.74, 6) is 0.300. The maximum atomic E-state index is 13.2. The van der Waals surface area contributed by atoms with Gasteiger partial charge in [-0.25, -0.2) is 4.21 Å². The number of phenolic OH excluding ortho intramolecular Hbond substituents is 1. The average Bonchev–Trinajstić information content (AvgIpc) is 2.53. The van der Waals surface area contributed by atoms with Gasteiger partial charge in [0.05, 0.1) is 10.8 Å². The lowest BCUT2D eigenvalue weighted by atomic mass is 9.95. The van der Waals surface area contributed by atoms with Crippen molar-refractivity contribution in [3.05, 3.63) is 47.0 Å². The van der Waals surface area contributed by atoms with E-state index in [9.17, 15) is 14.1 Å². The van der Waals surface area contributed by atoms with Gasteiger partial charge in [-0.2, -0.15) is 0 Å². The van der Waals surface area contributed by atoms with Crippen LogP contribution in [-0.2, 0) is 15.6 Å². The molecule has 0 bridgehead atoms. The summed E-state index contributed by atoms with van der Waals surface area (Å²) in [7, 11) is -1.37. The quantitative estimate of drug-likeness (QED) is 0.750. The van der Waals surface area contributed by atoms with Gasteiger partial charge in [0, 0.05) is 20.9 Å². The van der Waals surface area contributed by atoms with Crippen molar-refractivity contribution in [1.82, 2.24) is 0 Å². The first-order valence-electron chi connectivity index (χ1n) is 9.09. The van der Waals surface area contributed by atoms with Crippen LogP contribution in [0.2, 0.25) is 0 Å². The predicted octanol–water partition coefficient (Wildman–Crippen LogP) is 5.28. The Kier molecular flexibility index (Phi) is 6.15. The second kappa shape index (κ2) is 7.85. The summed E-state index contributed by atoms with van der Waals surface area (Å²) >= 11 is 0. The van der Waals surface area contributed by atoms with Crippen LogP contribution < -0.4 is 5.32 Å². The first-order chi connectivity index (χ1) is 12.4. The summed E-state index contributed by atoms with van der Waals surface area (Å²) in [6, 6.07) is 8.82. The Labute approximate surface area is 164 Å². The predicted molar refractivity (Wildman–Crippen MR) is 111 cm³/mol. The number of rotatable bonds is 4. The van der Waals surface area contributed by atoms with Crippen molar-refractivity contribution in [3.8, 4) is 5.75 Å². The van der Waals surface area contributed by atoms with E-state index in [1.165, 1.54) is 0 Å². The fourth-order valence-electron chi connectivity index (χ4n) is 2.86. The Bertz CT molecular complexity index is 872. The molecule has 2 aromatic rings. The number of aryl methyl sites for hydroxylation is 2. The van der Waals surface area contributed by atoms with Gasteiger partial charge < -0.3 is 10.4 Å². The van der Waals surface area contributed by atoms with Crippen LogP contribution in [0.3, 0.4) is 0 Å². The molecule has 2 aromatic carbocycles. The van der Waals surface area contributed by atoms with Gasteiger partial charge in [-0.15, -0.1) is 0 Å². The van der Waals surface area contributed by atoms with E-state index >= 15 is 0 Å². The molecule has 0 aliphatic heterocycles. The van der Waals surface area contributed by atoms with Gasteiger partial charge in [0.1, 0.15) is 5.75 Å². The van der Waals surface area contributed by atoms with E-state index in [4.69, 9.17) is 0 Å². The zero-order chi connectivity index (χ0) is 20.5. The molecule has 0 aliphatic carbocycles. The minimum Gasteiger partial charge on any atom is -0.508 e. The van der Waals surface area contributed by atoms with Gasteiger partial charge in [-0.05, 0) is 66.8 Å². The van der Waals surface area contributed by atoms with Crippen molar-refractivity contribution in [2.24, 2.45) is 5.41 Å². The number of hydrogen-bond donors (Lipinski definition) is 2. The van der Waals surface area contributed by atoms with Crippen LogP contribution in [-0.4, -0.2) is 15.2 Å². The van der Waals surface area contributed by atoms with Crippen molar-refractivity contribution >= 4 is 22.4 Å². The Balaban J connectivity index is 2.41. The van der Waals surface area contributed by atoms with Crippen LogP contribution in [0.15, 0.2) is 40.1 Å². The topological polar surface area (TPSA) is 66.4 Å². The number of hydrogen-bond acceptors (Lipinski definition) is 3. The number of aromatic hydroxyl groups is 1. The molecular formula is C22H29NO3S. The molecule has 1 unspecified atom stereocenters. The summed E-state index contributed by atoms with van der Waals surface area (Å²) < 4.78 is 13.2. The number of nitrogens with one attached hydrogen (secondary N) is 1. The average molecular weight is 388 g/mol. The second-order valence-electron chi connectivity index (χ2n) is 8.29. The normalized spacial score (nSPS) is 12.9. The summed E-state index contributed by atoms with van der Waals surface area (Å²) in [5, 5.41) is 12.9. The van der Waals surface area contributed by atoms with Crippen LogP contribution in [0.4, 0.5) is 5.69 Å². The van der Waals surface area contributed by atoms with Gasteiger partial charge in [0.25, 0.3) is 0 Å². The maximum absolute atomic E-state index is 13.2. The fourth-order valence-corrected chi connectivity index (χ4v) is 4.23. The second-order valence-corrected chi connectivity index (χ2v) is 9.70. The van der Waals surface area contributed by atoms with Crippen molar-refractivity contribution in [3.63, 3.8) is 0 Å². The first-order valence-corrected chi connectivity index (χ1v) is 10.2. The summed E-state index contributed by atoms with van der Waals surface area (Å²) in [4.78, 5) is 13.6. The number of carbonyl (C=O) groups is 1. The molecule has 5 heteroatoms. The molecule has 0 heterocycles. The van der Waals surface area contributed by atoms with Crippen LogP contribution in [0.5, 0.6) is 5.75 Å². The number of benzene rings is 2. The van der Waals surface area contributed by atoms with Gasteiger partial charge in [-0.1, -0.05) is 34.6 Å². The van der Waals surface area contributed by atoms with E-state index in [1.807, 2.05) is 66.7 Å². The van der Waals surface area contributed by atoms with E-state index in [2.05, 4.69) is 5.32 Å². The van der Waals surface area contributed by atoms with Gasteiger partial charge >= 0.3 is 0 Å². The monoisotopic (exact) mass is 387 g/mol. The van der Waals surface area contributed by atoms with Crippen LogP contribution in [0.25, 0.3) is 0 Å². The van der Waals surface area contributed by atoms with Crippen molar-refractivity contribution in [2.45, 2.75) is 64.2 Å². The SMILES string of the molecule is Cc1cc(NC(=O)C(C)(C)C)cc(C)c1S(=O)c1ccc(O)c(C(C)C)c1. The molecule has 0 spiro atoms. The number of phenols is 1. The Morgan fingerprint density at radius 3 is 2.11 bits per heavy atom. The molecule has 0 fully saturated rings. The smallest absolute Gasteiger partial charge is 0.229 e. The summed E-state index contributed by atoms with van der Waals surface area (Å²) in [5.41, 5.74) is 2.72. The van der Waals surface area contributed by atoms with Crippen LogP contribution in [0, 0.1) is 19.3 Å². The molecule has 1 atom stereocenters. The van der Waals surface area contributed by atoms with E-state index in [0.29, 0.717) is 10.6 Å². The standard InChI is InChI=1S/C22H29NO3S/c1-13(2)18-12-17(8-9-19(18)24)27(26)20-14(3)10-16(11-15(20)4)23-21(25)22(5,6)7/h8-13,24H,1-7H3,(H,23,25). The van der Waals surface area contributed by atoms with E-state index in [-0.39, 0.29) is 17.6 Å². The Morgan fingerprint density at radius 2 is 1.63 bits per heavy atom. The highest BCUT2D eigenvalue weighted by Gasteiger charge is 2.22. The molecule has 4 nitrogen and oxygen atoms in total. The van der Waals surface area contributed by atoms with Crippen LogP contribution >= 0.6 is 0 Å². The molecule has 2 rings (SSSR count). The van der Waals surface area contributed by atoms with E-state index in [0.717, 1.165) is 21.6 Å². The lowest BCUT2D eigenvalue weighted by molar-refractivity contribution is -0.123. The third kappa shape index (κ3) is 4.78. The zero-order valence-corrected chi connectivity index (χ0v) is 18.0. The first kappa shape index (κ1) is 21.2. The number of carbonyl (C=O) groups excluding carboxylic acids is 1. The lowest BCUT2D eigenvalue weighted by Gasteiger charge is -2.19. The maximum Gasteiger partial charge on any atom is 0.229 e. The summed E-state index contributed by atoms with van der Waals surface area (Å²) in [6.45, 7) is 13.4. The van der Waals surface area contributed by atoms with Gasteiger partial charge in [0.15, 0.2) is 0 Å². The van der Waals surface area contributed by atoms with Gasteiger partial charge in [0.2, 0.25) is 5.91 Å².